The molecule has 0 bridgehead atoms. The van der Waals surface area contributed by atoms with Crippen LogP contribution in [0.15, 0.2) is 24.3 Å². The predicted molar refractivity (Wildman–Crippen MR) is 89.2 cm³/mol. The van der Waals surface area contributed by atoms with E-state index in [1.807, 2.05) is 0 Å². The molecular formula is C17H26N2OS. The van der Waals surface area contributed by atoms with Crippen LogP contribution in [0, 0.1) is 12.8 Å². The minimum atomic E-state index is 0.119. The first-order valence-electron chi connectivity index (χ1n) is 7.97. The van der Waals surface area contributed by atoms with Crippen molar-refractivity contribution in [2.75, 3.05) is 18.1 Å². The van der Waals surface area contributed by atoms with Crippen LogP contribution in [0.3, 0.4) is 0 Å². The van der Waals surface area contributed by atoms with Gasteiger partial charge in [0.2, 0.25) is 0 Å². The summed E-state index contributed by atoms with van der Waals surface area (Å²) in [6.45, 7) is 3.00. The molecule has 2 unspecified atom stereocenters. The van der Waals surface area contributed by atoms with E-state index in [1.165, 1.54) is 35.5 Å². The van der Waals surface area contributed by atoms with Gasteiger partial charge in [-0.25, -0.2) is 0 Å². The summed E-state index contributed by atoms with van der Waals surface area (Å²) in [6.07, 6.45) is 4.62. The largest absolute Gasteiger partial charge is 0.375 e. The van der Waals surface area contributed by atoms with Crippen LogP contribution in [0.4, 0.5) is 0 Å². The lowest BCUT2D eigenvalue weighted by Crippen LogP contribution is -2.46. The van der Waals surface area contributed by atoms with Gasteiger partial charge in [-0.15, -0.1) is 0 Å². The highest BCUT2D eigenvalue weighted by molar-refractivity contribution is 7.99. The topological polar surface area (TPSA) is 47.3 Å². The Morgan fingerprint density at radius 2 is 2.00 bits per heavy atom. The van der Waals surface area contributed by atoms with Gasteiger partial charge in [-0.2, -0.15) is 11.8 Å². The molecule has 1 spiro atoms. The van der Waals surface area contributed by atoms with Crippen LogP contribution in [0.2, 0.25) is 0 Å². The van der Waals surface area contributed by atoms with Gasteiger partial charge in [-0.05, 0) is 55.6 Å². The van der Waals surface area contributed by atoms with Crippen LogP contribution in [-0.2, 0) is 4.74 Å². The van der Waals surface area contributed by atoms with Crippen LogP contribution in [-0.4, -0.2) is 23.7 Å². The molecule has 2 atom stereocenters. The highest BCUT2D eigenvalue weighted by atomic mass is 32.2. The van der Waals surface area contributed by atoms with Crippen LogP contribution < -0.4 is 11.3 Å². The molecule has 0 amide bonds. The highest BCUT2D eigenvalue weighted by Gasteiger charge is 2.41. The van der Waals surface area contributed by atoms with Crippen molar-refractivity contribution in [1.82, 2.24) is 5.43 Å². The molecule has 2 aliphatic heterocycles. The second-order valence-electron chi connectivity index (χ2n) is 6.45. The summed E-state index contributed by atoms with van der Waals surface area (Å²) in [7, 11) is 0. The Bertz CT molecular complexity index is 451. The molecule has 0 aromatic heterocycles. The minimum absolute atomic E-state index is 0.119. The smallest absolute Gasteiger partial charge is 0.0701 e. The Labute approximate surface area is 132 Å². The second-order valence-corrected chi connectivity index (χ2v) is 7.68. The third-order valence-electron chi connectivity index (χ3n) is 5.02. The number of thioether (sulfide) groups is 1. The van der Waals surface area contributed by atoms with Crippen molar-refractivity contribution in [3.63, 3.8) is 0 Å². The number of hydrazine groups is 1. The molecular weight excluding hydrogens is 280 g/mol. The van der Waals surface area contributed by atoms with Crippen LogP contribution in [0.1, 0.15) is 42.9 Å². The van der Waals surface area contributed by atoms with Gasteiger partial charge in [-0.3, -0.25) is 11.3 Å². The SMILES string of the molecule is Cc1ccc(C(NN)C2CCOC3(CCSCC3)C2)cc1. The Balaban J connectivity index is 1.75. The normalized spacial score (nSPS) is 26.7. The van der Waals surface area contributed by atoms with Crippen molar-refractivity contribution in [2.24, 2.45) is 11.8 Å². The molecule has 0 radical (unpaired) electrons. The molecule has 21 heavy (non-hydrogen) atoms. The van der Waals surface area contributed by atoms with Crippen molar-refractivity contribution in [1.29, 1.82) is 0 Å². The van der Waals surface area contributed by atoms with Gasteiger partial charge in [-0.1, -0.05) is 29.8 Å². The number of rotatable bonds is 3. The Morgan fingerprint density at radius 3 is 2.67 bits per heavy atom. The fourth-order valence-electron chi connectivity index (χ4n) is 3.72. The average molecular weight is 306 g/mol. The van der Waals surface area contributed by atoms with Gasteiger partial charge >= 0.3 is 0 Å². The summed E-state index contributed by atoms with van der Waals surface area (Å²) in [4.78, 5) is 0. The molecule has 116 valence electrons. The lowest BCUT2D eigenvalue weighted by atomic mass is 9.77. The molecule has 2 fully saturated rings. The first kappa shape index (κ1) is 15.3. The van der Waals surface area contributed by atoms with E-state index in [1.54, 1.807) is 0 Å². The molecule has 1 aromatic carbocycles. The van der Waals surface area contributed by atoms with Crippen molar-refractivity contribution in [3.05, 3.63) is 35.4 Å². The van der Waals surface area contributed by atoms with Gasteiger partial charge in [0.1, 0.15) is 0 Å². The fraction of sp³-hybridized carbons (Fsp3) is 0.647. The van der Waals surface area contributed by atoms with E-state index in [4.69, 9.17) is 10.6 Å². The summed E-state index contributed by atoms with van der Waals surface area (Å²) in [5.74, 6) is 8.93. The van der Waals surface area contributed by atoms with E-state index in [0.717, 1.165) is 19.4 Å². The summed E-state index contributed by atoms with van der Waals surface area (Å²) in [5, 5.41) is 0. The molecule has 2 aliphatic rings. The van der Waals surface area contributed by atoms with Crippen LogP contribution in [0.25, 0.3) is 0 Å². The van der Waals surface area contributed by atoms with Crippen LogP contribution >= 0.6 is 11.8 Å². The van der Waals surface area contributed by atoms with E-state index in [2.05, 4.69) is 48.4 Å². The van der Waals surface area contributed by atoms with Gasteiger partial charge in [0, 0.05) is 12.6 Å². The lowest BCUT2D eigenvalue weighted by Gasteiger charge is -2.45. The molecule has 3 N–H and O–H groups in total. The van der Waals surface area contributed by atoms with Crippen molar-refractivity contribution in [2.45, 2.75) is 44.2 Å². The van der Waals surface area contributed by atoms with E-state index >= 15 is 0 Å². The molecule has 2 heterocycles. The predicted octanol–water partition coefficient (Wildman–Crippen LogP) is 3.19. The zero-order valence-corrected chi connectivity index (χ0v) is 13.6. The molecule has 2 saturated heterocycles. The number of nitrogens with two attached hydrogens (primary N) is 1. The van der Waals surface area contributed by atoms with Crippen molar-refractivity contribution >= 4 is 11.8 Å². The molecule has 3 nitrogen and oxygen atoms in total. The second kappa shape index (κ2) is 6.69. The summed E-state index contributed by atoms with van der Waals surface area (Å²) in [6, 6.07) is 9.00. The highest BCUT2D eigenvalue weighted by Crippen LogP contribution is 2.43. The van der Waals surface area contributed by atoms with Crippen LogP contribution in [0.5, 0.6) is 0 Å². The first-order valence-corrected chi connectivity index (χ1v) is 9.12. The van der Waals surface area contributed by atoms with Crippen molar-refractivity contribution in [3.8, 4) is 0 Å². The number of benzene rings is 1. The number of aryl methyl sites for hydroxylation is 1. The van der Waals surface area contributed by atoms with Gasteiger partial charge < -0.3 is 4.74 Å². The number of hydrogen-bond donors (Lipinski definition) is 2. The van der Waals surface area contributed by atoms with E-state index in [9.17, 15) is 0 Å². The maximum atomic E-state index is 6.20. The molecule has 3 rings (SSSR count). The third kappa shape index (κ3) is 3.45. The fourth-order valence-corrected chi connectivity index (χ4v) is 4.96. The number of hydrogen-bond acceptors (Lipinski definition) is 4. The summed E-state index contributed by atoms with van der Waals surface area (Å²) in [5.41, 5.74) is 5.78. The monoisotopic (exact) mass is 306 g/mol. The quantitative estimate of drug-likeness (QED) is 0.665. The number of ether oxygens (including phenoxy) is 1. The Morgan fingerprint density at radius 1 is 1.29 bits per heavy atom. The number of nitrogens with one attached hydrogen (secondary N) is 1. The Kier molecular flexibility index (Phi) is 4.89. The maximum absolute atomic E-state index is 6.20. The van der Waals surface area contributed by atoms with Gasteiger partial charge in [0.25, 0.3) is 0 Å². The standard InChI is InChI=1S/C17H26N2OS/c1-13-2-4-14(5-3-13)16(19-18)15-6-9-20-17(12-15)7-10-21-11-8-17/h2-5,15-16,19H,6-12,18H2,1H3. The molecule has 0 saturated carbocycles. The van der Waals surface area contributed by atoms with E-state index < -0.39 is 0 Å². The maximum Gasteiger partial charge on any atom is 0.0701 e. The van der Waals surface area contributed by atoms with Gasteiger partial charge in [0.05, 0.1) is 5.60 Å². The van der Waals surface area contributed by atoms with Gasteiger partial charge in [0.15, 0.2) is 0 Å². The zero-order chi connectivity index (χ0) is 14.7. The molecule has 4 heteroatoms. The zero-order valence-electron chi connectivity index (χ0n) is 12.8. The van der Waals surface area contributed by atoms with Crippen molar-refractivity contribution < 1.29 is 4.74 Å². The summed E-state index contributed by atoms with van der Waals surface area (Å²) < 4.78 is 6.20. The first-order chi connectivity index (χ1) is 10.2. The third-order valence-corrected chi connectivity index (χ3v) is 6.01. The molecule has 0 aliphatic carbocycles. The summed E-state index contributed by atoms with van der Waals surface area (Å²) >= 11 is 2.06. The average Bonchev–Trinajstić information content (AvgIpc) is 2.51. The van der Waals surface area contributed by atoms with E-state index in [0.29, 0.717) is 5.92 Å². The molecule has 1 aromatic rings. The van der Waals surface area contributed by atoms with E-state index in [-0.39, 0.29) is 11.6 Å². The lowest BCUT2D eigenvalue weighted by molar-refractivity contribution is -0.107. The minimum Gasteiger partial charge on any atom is -0.375 e. The Hall–Kier alpha value is -0.550.